The highest BCUT2D eigenvalue weighted by molar-refractivity contribution is 6.33. The minimum Gasteiger partial charge on any atom is -0.327 e. The predicted molar refractivity (Wildman–Crippen MR) is 71.3 cm³/mol. The van der Waals surface area contributed by atoms with E-state index in [2.05, 4.69) is 9.97 Å². The van der Waals surface area contributed by atoms with Gasteiger partial charge in [0.2, 0.25) is 0 Å². The van der Waals surface area contributed by atoms with Crippen molar-refractivity contribution >= 4 is 34.7 Å². The maximum atomic E-state index is 9.09. The molecule has 0 saturated carbocycles. The largest absolute Gasteiger partial charge is 0.327 e. The second-order valence-corrected chi connectivity index (χ2v) is 4.25. The molecule has 0 aliphatic heterocycles. The van der Waals surface area contributed by atoms with Gasteiger partial charge in [0.1, 0.15) is 18.0 Å². The van der Waals surface area contributed by atoms with Gasteiger partial charge in [0.15, 0.2) is 11.0 Å². The van der Waals surface area contributed by atoms with Crippen molar-refractivity contribution in [2.24, 2.45) is 0 Å². The molecule has 0 saturated heterocycles. The monoisotopic (exact) mass is 278 g/mol. The van der Waals surface area contributed by atoms with Crippen LogP contribution in [0.4, 0.5) is 11.5 Å². The van der Waals surface area contributed by atoms with Crippen molar-refractivity contribution in [1.29, 1.82) is 5.26 Å². The number of nitrogens with zero attached hydrogens (tertiary/aromatic N) is 4. The molecule has 1 heterocycles. The van der Waals surface area contributed by atoms with Crippen LogP contribution >= 0.6 is 23.2 Å². The minimum atomic E-state index is 0.126. The van der Waals surface area contributed by atoms with Gasteiger partial charge in [0.25, 0.3) is 0 Å². The summed E-state index contributed by atoms with van der Waals surface area (Å²) in [5, 5.41) is 9.78. The van der Waals surface area contributed by atoms with E-state index in [9.17, 15) is 0 Å². The van der Waals surface area contributed by atoms with E-state index in [1.165, 1.54) is 6.33 Å². The fourth-order valence-electron chi connectivity index (χ4n) is 1.54. The molecule has 6 heteroatoms. The molecule has 1 aromatic carbocycles. The van der Waals surface area contributed by atoms with Gasteiger partial charge in [-0.1, -0.05) is 35.3 Å². The zero-order chi connectivity index (χ0) is 13.1. The Morgan fingerprint density at radius 3 is 2.61 bits per heavy atom. The highest BCUT2D eigenvalue weighted by Gasteiger charge is 2.16. The molecule has 4 nitrogen and oxygen atoms in total. The predicted octanol–water partition coefficient (Wildman–Crippen LogP) is 3.42. The maximum absolute atomic E-state index is 9.09. The van der Waals surface area contributed by atoms with Crippen LogP contribution in [0.1, 0.15) is 5.56 Å². The van der Waals surface area contributed by atoms with Crippen LogP contribution in [0, 0.1) is 11.3 Å². The SMILES string of the molecule is CN(c1ccccc1Cl)c1ncnc(Cl)c1C#N. The van der Waals surface area contributed by atoms with Crippen LogP contribution < -0.4 is 4.90 Å². The normalized spacial score (nSPS) is 9.89. The first-order valence-corrected chi connectivity index (χ1v) is 5.79. The van der Waals surface area contributed by atoms with E-state index < -0.39 is 0 Å². The average molecular weight is 279 g/mol. The van der Waals surface area contributed by atoms with Gasteiger partial charge in [0, 0.05) is 7.05 Å². The van der Waals surface area contributed by atoms with E-state index in [0.29, 0.717) is 10.8 Å². The molecule has 0 spiro atoms. The van der Waals surface area contributed by atoms with Crippen LogP contribution in [0.3, 0.4) is 0 Å². The number of nitriles is 1. The molecule has 0 bridgehead atoms. The van der Waals surface area contributed by atoms with Gasteiger partial charge >= 0.3 is 0 Å². The van der Waals surface area contributed by atoms with Gasteiger partial charge < -0.3 is 4.90 Å². The number of halogens is 2. The average Bonchev–Trinajstić information content (AvgIpc) is 2.38. The third kappa shape index (κ3) is 2.23. The smallest absolute Gasteiger partial charge is 0.155 e. The maximum Gasteiger partial charge on any atom is 0.155 e. The summed E-state index contributed by atoms with van der Waals surface area (Å²) in [6, 6.07) is 9.28. The summed E-state index contributed by atoms with van der Waals surface area (Å²) in [6.45, 7) is 0. The molecule has 0 aliphatic rings. The Kier molecular flexibility index (Phi) is 3.66. The van der Waals surface area contributed by atoms with E-state index in [1.807, 2.05) is 24.3 Å². The highest BCUT2D eigenvalue weighted by atomic mass is 35.5. The number of para-hydroxylation sites is 1. The first-order valence-electron chi connectivity index (χ1n) is 5.04. The van der Waals surface area contributed by atoms with Crippen molar-refractivity contribution in [1.82, 2.24) is 9.97 Å². The molecule has 90 valence electrons. The van der Waals surface area contributed by atoms with Gasteiger partial charge in [0.05, 0.1) is 10.7 Å². The van der Waals surface area contributed by atoms with E-state index in [1.54, 1.807) is 18.0 Å². The second kappa shape index (κ2) is 5.21. The van der Waals surface area contributed by atoms with E-state index in [0.717, 1.165) is 5.69 Å². The first kappa shape index (κ1) is 12.6. The molecule has 0 unspecified atom stereocenters. The lowest BCUT2D eigenvalue weighted by Gasteiger charge is -2.20. The summed E-state index contributed by atoms with van der Waals surface area (Å²) in [7, 11) is 1.76. The quantitative estimate of drug-likeness (QED) is 0.790. The Morgan fingerprint density at radius 1 is 1.22 bits per heavy atom. The molecule has 0 N–H and O–H groups in total. The Labute approximate surface area is 114 Å². The van der Waals surface area contributed by atoms with Crippen LogP contribution in [0.5, 0.6) is 0 Å². The van der Waals surface area contributed by atoms with E-state index in [-0.39, 0.29) is 10.7 Å². The lowest BCUT2D eigenvalue weighted by molar-refractivity contribution is 1.07. The summed E-state index contributed by atoms with van der Waals surface area (Å²) in [6.07, 6.45) is 1.31. The van der Waals surface area contributed by atoms with Gasteiger partial charge in [-0.05, 0) is 12.1 Å². The lowest BCUT2D eigenvalue weighted by Crippen LogP contribution is -2.14. The number of aromatic nitrogens is 2. The Hall–Kier alpha value is -1.83. The Morgan fingerprint density at radius 2 is 1.94 bits per heavy atom. The van der Waals surface area contributed by atoms with Gasteiger partial charge in [-0.2, -0.15) is 5.26 Å². The second-order valence-electron chi connectivity index (χ2n) is 3.49. The summed E-state index contributed by atoms with van der Waals surface area (Å²) in [5.41, 5.74) is 0.965. The third-order valence-corrected chi connectivity index (χ3v) is 3.03. The molecule has 0 radical (unpaired) electrons. The molecule has 0 amide bonds. The summed E-state index contributed by atoms with van der Waals surface area (Å²) in [4.78, 5) is 9.56. The summed E-state index contributed by atoms with van der Waals surface area (Å²) < 4.78 is 0. The topological polar surface area (TPSA) is 52.8 Å². The zero-order valence-corrected chi connectivity index (χ0v) is 10.9. The minimum absolute atomic E-state index is 0.126. The Bertz CT molecular complexity index is 622. The number of hydrogen-bond donors (Lipinski definition) is 0. The first-order chi connectivity index (χ1) is 8.65. The zero-order valence-electron chi connectivity index (χ0n) is 9.43. The van der Waals surface area contributed by atoms with Crippen LogP contribution in [0.15, 0.2) is 30.6 Å². The number of rotatable bonds is 2. The van der Waals surface area contributed by atoms with Gasteiger partial charge in [-0.25, -0.2) is 9.97 Å². The fraction of sp³-hybridized carbons (Fsp3) is 0.0833. The van der Waals surface area contributed by atoms with Crippen molar-refractivity contribution < 1.29 is 0 Å². The van der Waals surface area contributed by atoms with Crippen LogP contribution in [-0.2, 0) is 0 Å². The molecule has 1 aromatic heterocycles. The molecule has 0 atom stereocenters. The molecule has 0 fully saturated rings. The van der Waals surface area contributed by atoms with Gasteiger partial charge in [-0.3, -0.25) is 0 Å². The fourth-order valence-corrected chi connectivity index (χ4v) is 1.98. The van der Waals surface area contributed by atoms with E-state index in [4.69, 9.17) is 28.5 Å². The Balaban J connectivity index is 2.54. The van der Waals surface area contributed by atoms with Crippen molar-refractivity contribution in [2.75, 3.05) is 11.9 Å². The number of anilines is 2. The molecular formula is C12H8Cl2N4. The number of benzene rings is 1. The molecule has 0 aliphatic carbocycles. The van der Waals surface area contributed by atoms with Crippen molar-refractivity contribution in [3.8, 4) is 6.07 Å². The van der Waals surface area contributed by atoms with Crippen molar-refractivity contribution in [2.45, 2.75) is 0 Å². The van der Waals surface area contributed by atoms with Crippen LogP contribution in [0.25, 0.3) is 0 Å². The van der Waals surface area contributed by atoms with Crippen LogP contribution in [0.2, 0.25) is 10.2 Å². The highest BCUT2D eigenvalue weighted by Crippen LogP contribution is 2.32. The summed E-state index contributed by atoms with van der Waals surface area (Å²) in [5.74, 6) is 0.422. The molecule has 2 rings (SSSR count). The van der Waals surface area contributed by atoms with E-state index >= 15 is 0 Å². The van der Waals surface area contributed by atoms with Crippen LogP contribution in [-0.4, -0.2) is 17.0 Å². The summed E-state index contributed by atoms with van der Waals surface area (Å²) >= 11 is 12.0. The van der Waals surface area contributed by atoms with Gasteiger partial charge in [-0.15, -0.1) is 0 Å². The third-order valence-electron chi connectivity index (χ3n) is 2.42. The molecule has 2 aromatic rings. The van der Waals surface area contributed by atoms with Crippen molar-refractivity contribution in [3.63, 3.8) is 0 Å². The standard InChI is InChI=1S/C12H8Cl2N4/c1-18(10-5-3-2-4-9(10)13)12-8(6-15)11(14)16-7-17-12/h2-5,7H,1H3. The van der Waals surface area contributed by atoms with Crippen molar-refractivity contribution in [3.05, 3.63) is 46.3 Å². The molecule has 18 heavy (non-hydrogen) atoms. The molecular weight excluding hydrogens is 271 g/mol. The lowest BCUT2D eigenvalue weighted by atomic mass is 10.2. The number of hydrogen-bond acceptors (Lipinski definition) is 4.